The molecule has 1 atom stereocenters. The van der Waals surface area contributed by atoms with Crippen LogP contribution in [0.25, 0.3) is 0 Å². The number of aliphatic hydroxyl groups excluding tert-OH is 1. The first-order valence-electron chi connectivity index (χ1n) is 3.87. The lowest BCUT2D eigenvalue weighted by atomic mass is 10.1. The van der Waals surface area contributed by atoms with E-state index in [1.165, 1.54) is 0 Å². The summed E-state index contributed by atoms with van der Waals surface area (Å²) in [4.78, 5) is 12.4. The quantitative estimate of drug-likeness (QED) is 0.596. The number of nitrogens with zero attached hydrogens (tertiary/aromatic N) is 1. The van der Waals surface area contributed by atoms with E-state index in [1.54, 1.807) is 0 Å². The molecule has 0 saturated carbocycles. The van der Waals surface area contributed by atoms with Crippen LogP contribution in [0.5, 0.6) is 0 Å². The van der Waals surface area contributed by atoms with Crippen molar-refractivity contribution < 1.29 is 9.90 Å². The summed E-state index contributed by atoms with van der Waals surface area (Å²) < 4.78 is 0. The molecule has 0 spiro atoms. The summed E-state index contributed by atoms with van der Waals surface area (Å²) in [5.41, 5.74) is 0. The van der Waals surface area contributed by atoms with Crippen molar-refractivity contribution in [1.82, 2.24) is 4.90 Å². The molecule has 1 aliphatic rings. The topological polar surface area (TPSA) is 40.5 Å². The van der Waals surface area contributed by atoms with Gasteiger partial charge in [-0.05, 0) is 19.4 Å². The van der Waals surface area contributed by atoms with E-state index >= 15 is 0 Å². The summed E-state index contributed by atoms with van der Waals surface area (Å²) in [6, 6.07) is 0. The van der Waals surface area contributed by atoms with E-state index in [9.17, 15) is 9.90 Å². The minimum Gasteiger partial charge on any atom is -0.392 e. The van der Waals surface area contributed by atoms with Gasteiger partial charge in [-0.15, -0.1) is 0 Å². The molecule has 11 heavy (non-hydrogen) atoms. The van der Waals surface area contributed by atoms with Gasteiger partial charge in [0, 0.05) is 13.5 Å². The van der Waals surface area contributed by atoms with Crippen molar-refractivity contribution in [3.05, 3.63) is 6.92 Å². The molecule has 0 aliphatic carbocycles. The molecule has 62 valence electrons. The second kappa shape index (κ2) is 3.83. The van der Waals surface area contributed by atoms with E-state index in [4.69, 9.17) is 6.92 Å². The van der Waals surface area contributed by atoms with Crippen LogP contribution in [0.3, 0.4) is 0 Å². The highest BCUT2D eigenvalue weighted by Crippen LogP contribution is 2.08. The molecule has 0 bridgehead atoms. The zero-order chi connectivity index (χ0) is 8.27. The van der Waals surface area contributed by atoms with Gasteiger partial charge in [-0.25, -0.2) is 0 Å². The Hall–Kier alpha value is -0.410. The molecule has 3 nitrogen and oxygen atoms in total. The van der Waals surface area contributed by atoms with E-state index < -0.39 is 0 Å². The van der Waals surface area contributed by atoms with Gasteiger partial charge < -0.3 is 5.11 Å². The number of likely N-dealkylation sites (tertiary alicyclic amines) is 1. The number of rotatable bonds is 2. The molecule has 1 fully saturated rings. The predicted molar refractivity (Wildman–Crippen MR) is 41.0 cm³/mol. The third-order valence-electron chi connectivity index (χ3n) is 1.86. The summed E-state index contributed by atoms with van der Waals surface area (Å²) in [7, 11) is 0. The maximum absolute atomic E-state index is 10.5. The lowest BCUT2D eigenvalue weighted by Crippen LogP contribution is -2.40. The molecule has 1 aliphatic heterocycles. The van der Waals surface area contributed by atoms with Crippen LogP contribution in [0.4, 0.5) is 0 Å². The zero-order valence-electron chi connectivity index (χ0n) is 6.49. The van der Waals surface area contributed by atoms with Crippen molar-refractivity contribution in [2.24, 2.45) is 0 Å². The van der Waals surface area contributed by atoms with Gasteiger partial charge in [0.25, 0.3) is 0 Å². The average Bonchev–Trinajstić information content (AvgIpc) is 1.85. The van der Waals surface area contributed by atoms with Gasteiger partial charge in [-0.2, -0.15) is 0 Å². The van der Waals surface area contributed by atoms with Gasteiger partial charge in [0.2, 0.25) is 0 Å². The number of carbonyl (C=O) groups excluding carboxylic acids is 1. The number of hydrogen-bond donors (Lipinski definition) is 1. The van der Waals surface area contributed by atoms with Gasteiger partial charge in [0.05, 0.1) is 12.6 Å². The molecule has 1 rings (SSSR count). The van der Waals surface area contributed by atoms with Crippen molar-refractivity contribution >= 4 is 5.78 Å². The van der Waals surface area contributed by atoms with E-state index in [0.29, 0.717) is 6.54 Å². The van der Waals surface area contributed by atoms with Crippen LogP contribution in [0.2, 0.25) is 0 Å². The van der Waals surface area contributed by atoms with Crippen molar-refractivity contribution in [1.29, 1.82) is 0 Å². The van der Waals surface area contributed by atoms with Crippen LogP contribution in [0.15, 0.2) is 0 Å². The Labute approximate surface area is 67.0 Å². The van der Waals surface area contributed by atoms with Crippen molar-refractivity contribution in [2.45, 2.75) is 18.9 Å². The lowest BCUT2D eigenvalue weighted by molar-refractivity contribution is -0.116. The minimum absolute atomic E-state index is 0.275. The third kappa shape index (κ3) is 2.99. The normalized spacial score (nSPS) is 26.9. The maximum Gasteiger partial charge on any atom is 0.151 e. The largest absolute Gasteiger partial charge is 0.392 e. The first-order valence-corrected chi connectivity index (χ1v) is 3.87. The second-order valence-electron chi connectivity index (χ2n) is 3.00. The summed E-state index contributed by atoms with van der Waals surface area (Å²) in [6.45, 7) is 6.74. The summed E-state index contributed by atoms with van der Waals surface area (Å²) in [6.07, 6.45) is 1.52. The van der Waals surface area contributed by atoms with E-state index in [-0.39, 0.29) is 18.4 Å². The Kier molecular flexibility index (Phi) is 3.02. The zero-order valence-corrected chi connectivity index (χ0v) is 6.49. The van der Waals surface area contributed by atoms with Crippen LogP contribution in [-0.2, 0) is 4.79 Å². The molecule has 0 aromatic rings. The number of hydrogen-bond acceptors (Lipinski definition) is 3. The first-order chi connectivity index (χ1) is 5.18. The van der Waals surface area contributed by atoms with Gasteiger partial charge in [0.15, 0.2) is 5.78 Å². The summed E-state index contributed by atoms with van der Waals surface area (Å²) in [5, 5.41) is 9.20. The summed E-state index contributed by atoms with van der Waals surface area (Å²) >= 11 is 0. The van der Waals surface area contributed by atoms with Crippen LogP contribution < -0.4 is 0 Å². The smallest absolute Gasteiger partial charge is 0.151 e. The highest BCUT2D eigenvalue weighted by atomic mass is 16.3. The third-order valence-corrected chi connectivity index (χ3v) is 1.86. The minimum atomic E-state index is -0.320. The van der Waals surface area contributed by atoms with Gasteiger partial charge in [-0.1, -0.05) is 0 Å². The number of Topliss-reactive ketones (excluding diaryl/α,β-unsaturated/α-hetero) is 1. The number of ketones is 1. The Morgan fingerprint density at radius 2 is 2.45 bits per heavy atom. The molecule has 0 aromatic carbocycles. The highest BCUT2D eigenvalue weighted by Gasteiger charge is 2.17. The number of carbonyl (C=O) groups is 1. The van der Waals surface area contributed by atoms with E-state index in [0.717, 1.165) is 19.4 Å². The molecule has 0 amide bonds. The Balaban J connectivity index is 2.28. The molecule has 3 heteroatoms. The average molecular weight is 155 g/mol. The standard InChI is InChI=1S/C8H13NO2/c1-7(10)5-9-4-2-3-8(11)6-9/h1,8,11H,2-6H2. The van der Waals surface area contributed by atoms with Gasteiger partial charge in [-0.3, -0.25) is 9.69 Å². The number of piperidine rings is 1. The van der Waals surface area contributed by atoms with Crippen LogP contribution in [0, 0.1) is 6.92 Å². The maximum atomic E-state index is 10.5. The Morgan fingerprint density at radius 3 is 3.00 bits per heavy atom. The van der Waals surface area contributed by atoms with Crippen molar-refractivity contribution in [3.8, 4) is 0 Å². The molecule has 1 unspecified atom stereocenters. The molecule has 2 radical (unpaired) electrons. The van der Waals surface area contributed by atoms with Gasteiger partial charge in [0.1, 0.15) is 0 Å². The fourth-order valence-electron chi connectivity index (χ4n) is 1.40. The van der Waals surface area contributed by atoms with Crippen LogP contribution >= 0.6 is 0 Å². The molecule has 1 heterocycles. The molecule has 0 aromatic heterocycles. The number of aliphatic hydroxyl groups is 1. The van der Waals surface area contributed by atoms with Crippen molar-refractivity contribution in [3.63, 3.8) is 0 Å². The predicted octanol–water partition coefficient (Wildman–Crippen LogP) is -0.277. The fourth-order valence-corrected chi connectivity index (χ4v) is 1.40. The molecular weight excluding hydrogens is 142 g/mol. The second-order valence-corrected chi connectivity index (χ2v) is 3.00. The lowest BCUT2D eigenvalue weighted by Gasteiger charge is -2.28. The highest BCUT2D eigenvalue weighted by molar-refractivity contribution is 5.84. The fraction of sp³-hybridized carbons (Fsp3) is 0.750. The molecular formula is C8H13NO2. The Bertz CT molecular complexity index is 147. The number of β-amino-alcohol motifs (C(OH)–C–C–N with tert-alkyl or cyclic N) is 1. The van der Waals surface area contributed by atoms with E-state index in [2.05, 4.69) is 0 Å². The van der Waals surface area contributed by atoms with Gasteiger partial charge >= 0.3 is 0 Å². The monoisotopic (exact) mass is 155 g/mol. The van der Waals surface area contributed by atoms with Crippen molar-refractivity contribution in [2.75, 3.05) is 19.6 Å². The molecule has 1 N–H and O–H groups in total. The van der Waals surface area contributed by atoms with E-state index in [1.807, 2.05) is 4.90 Å². The SMILES string of the molecule is [CH]C(=O)CN1CCCC(O)C1. The Morgan fingerprint density at radius 1 is 1.73 bits per heavy atom. The summed E-state index contributed by atoms with van der Waals surface area (Å²) in [5.74, 6) is -0.320. The van der Waals surface area contributed by atoms with Crippen LogP contribution in [0.1, 0.15) is 12.8 Å². The first kappa shape index (κ1) is 8.68. The van der Waals surface area contributed by atoms with Crippen LogP contribution in [-0.4, -0.2) is 41.5 Å². The molecule has 1 saturated heterocycles.